The van der Waals surface area contributed by atoms with Gasteiger partial charge in [0.15, 0.2) is 5.78 Å². The molecule has 2 N–H and O–H groups in total. The average Bonchev–Trinajstić information content (AvgIpc) is 3.24. The molecule has 3 heterocycles. The lowest BCUT2D eigenvalue weighted by molar-refractivity contribution is -0.130. The number of carbonyl (C=O) groups is 2. The first-order valence-corrected chi connectivity index (χ1v) is 13.1. The maximum absolute atomic E-state index is 15.1. The summed E-state index contributed by atoms with van der Waals surface area (Å²) in [4.78, 5) is 39.3. The summed E-state index contributed by atoms with van der Waals surface area (Å²) in [6, 6.07) is 13.1. The summed E-state index contributed by atoms with van der Waals surface area (Å²) >= 11 is 5.85. The minimum Gasteiger partial charge on any atom is -0.457 e. The van der Waals surface area contributed by atoms with Crippen LogP contribution in [0.5, 0.6) is 11.5 Å². The molecule has 8 nitrogen and oxygen atoms in total. The predicted octanol–water partition coefficient (Wildman–Crippen LogP) is 5.54. The van der Waals surface area contributed by atoms with Crippen molar-refractivity contribution in [3.8, 4) is 11.5 Å². The molecule has 1 saturated heterocycles. The monoisotopic (exact) mass is 535 g/mol. The van der Waals surface area contributed by atoms with Gasteiger partial charge in [0.2, 0.25) is 5.91 Å². The maximum Gasteiger partial charge on any atom is 0.237 e. The molecule has 1 aliphatic heterocycles. The van der Waals surface area contributed by atoms with Crippen molar-refractivity contribution in [3.05, 3.63) is 78.0 Å². The van der Waals surface area contributed by atoms with Gasteiger partial charge in [-0.25, -0.2) is 14.4 Å². The van der Waals surface area contributed by atoms with Gasteiger partial charge in [0.25, 0.3) is 0 Å². The Morgan fingerprint density at radius 1 is 1.08 bits per heavy atom. The number of fused-ring (bicyclic) bond motifs is 1. The van der Waals surface area contributed by atoms with Crippen LogP contribution in [0.2, 0.25) is 0 Å². The molecule has 1 amide bonds. The highest BCUT2D eigenvalue weighted by atomic mass is 35.5. The first-order valence-electron chi connectivity index (χ1n) is 12.5. The Hall–Kier alpha value is -3.98. The molecule has 1 fully saturated rings. The smallest absolute Gasteiger partial charge is 0.237 e. The highest BCUT2D eigenvalue weighted by Crippen LogP contribution is 2.29. The summed E-state index contributed by atoms with van der Waals surface area (Å²) in [5.74, 6) is -0.0767. The van der Waals surface area contributed by atoms with Crippen LogP contribution < -0.4 is 10.1 Å². The summed E-state index contributed by atoms with van der Waals surface area (Å²) in [7, 11) is 0. The van der Waals surface area contributed by atoms with Crippen LogP contribution in [-0.2, 0) is 4.79 Å². The zero-order chi connectivity index (χ0) is 26.5. The molecular formula is C28H27ClFN5O3. The Balaban J connectivity index is 1.39. The van der Waals surface area contributed by atoms with Gasteiger partial charge in [-0.2, -0.15) is 0 Å². The number of likely N-dealkylation sites (tertiary alicyclic amines) is 1. The third kappa shape index (κ3) is 5.47. The van der Waals surface area contributed by atoms with Crippen LogP contribution in [0, 0.1) is 5.82 Å². The first-order chi connectivity index (χ1) is 18.5. The second kappa shape index (κ2) is 11.6. The lowest BCUT2D eigenvalue weighted by Gasteiger charge is -2.30. The number of hydrogen-bond donors (Lipinski definition) is 2. The Kier molecular flexibility index (Phi) is 7.83. The maximum atomic E-state index is 15.1. The van der Waals surface area contributed by atoms with Crippen LogP contribution >= 0.6 is 11.6 Å². The third-order valence-corrected chi connectivity index (χ3v) is 6.92. The first kappa shape index (κ1) is 25.7. The van der Waals surface area contributed by atoms with Crippen molar-refractivity contribution in [3.63, 3.8) is 0 Å². The summed E-state index contributed by atoms with van der Waals surface area (Å²) in [5.41, 5.74) is 0.599. The van der Waals surface area contributed by atoms with Crippen molar-refractivity contribution < 1.29 is 18.7 Å². The molecule has 0 aliphatic carbocycles. The number of para-hydroxylation sites is 1. The summed E-state index contributed by atoms with van der Waals surface area (Å²) in [6.07, 6.45) is 6.74. The quantitative estimate of drug-likeness (QED) is 0.227. The van der Waals surface area contributed by atoms with Crippen molar-refractivity contribution in [1.82, 2.24) is 19.9 Å². The van der Waals surface area contributed by atoms with Gasteiger partial charge < -0.3 is 19.9 Å². The van der Waals surface area contributed by atoms with Crippen molar-refractivity contribution in [1.29, 1.82) is 0 Å². The van der Waals surface area contributed by atoms with E-state index in [1.54, 1.807) is 18.2 Å². The Morgan fingerprint density at radius 3 is 2.71 bits per heavy atom. The summed E-state index contributed by atoms with van der Waals surface area (Å²) in [5, 5.41) is 3.77. The Bertz CT molecular complexity index is 1450. The van der Waals surface area contributed by atoms with Crippen molar-refractivity contribution >= 4 is 40.1 Å². The fourth-order valence-electron chi connectivity index (χ4n) is 4.80. The SMILES string of the molecule is O=C(c1ccc(Oc2ccccc2)cc1F)c1c[nH]c2ncnc(NCC3CCCCCN3C(=O)CCl)c12. The number of carbonyl (C=O) groups excluding carboxylic acids is 2. The fraction of sp³-hybridized carbons (Fsp3) is 0.286. The number of H-pyrrole nitrogens is 1. The Morgan fingerprint density at radius 2 is 1.92 bits per heavy atom. The largest absolute Gasteiger partial charge is 0.457 e. The molecule has 2 aromatic carbocycles. The van der Waals surface area contributed by atoms with Crippen LogP contribution in [0.4, 0.5) is 10.2 Å². The number of ketones is 1. The summed E-state index contributed by atoms with van der Waals surface area (Å²) < 4.78 is 20.8. The molecule has 5 rings (SSSR count). The number of aromatic nitrogens is 3. The van der Waals surface area contributed by atoms with Crippen LogP contribution in [0.15, 0.2) is 61.1 Å². The number of amides is 1. The standard InChI is InChI=1S/C28H27ClFN5O3/c29-14-24(36)35-12-6-2-3-7-18(35)15-31-27-25-22(16-32-28(25)34-17-33-27)26(37)21-11-10-20(13-23(21)30)38-19-8-4-1-5-9-19/h1,4-5,8-11,13,16-18H,2-3,6-7,12,14-15H2,(H2,31,32,33,34). The minimum atomic E-state index is -0.696. The molecular weight excluding hydrogens is 509 g/mol. The number of nitrogens with one attached hydrogen (secondary N) is 2. The molecule has 1 aliphatic rings. The van der Waals surface area contributed by atoms with E-state index in [0.717, 1.165) is 25.7 Å². The zero-order valence-electron chi connectivity index (χ0n) is 20.6. The molecule has 2 aromatic heterocycles. The number of halogens is 2. The topological polar surface area (TPSA) is 100 Å². The van der Waals surface area contributed by atoms with E-state index in [4.69, 9.17) is 16.3 Å². The number of hydrogen-bond acceptors (Lipinski definition) is 6. The van der Waals surface area contributed by atoms with E-state index in [0.29, 0.717) is 35.7 Å². The molecule has 10 heteroatoms. The Labute approximate surface area is 224 Å². The van der Waals surface area contributed by atoms with E-state index >= 15 is 4.39 Å². The zero-order valence-corrected chi connectivity index (χ0v) is 21.4. The van der Waals surface area contributed by atoms with E-state index in [-0.39, 0.29) is 34.7 Å². The minimum absolute atomic E-state index is 0.0542. The van der Waals surface area contributed by atoms with Crippen molar-refractivity contribution in [2.75, 3.05) is 24.3 Å². The lowest BCUT2D eigenvalue weighted by Crippen LogP contribution is -2.44. The number of anilines is 1. The average molecular weight is 536 g/mol. The number of benzene rings is 2. The fourth-order valence-corrected chi connectivity index (χ4v) is 4.95. The van der Waals surface area contributed by atoms with E-state index < -0.39 is 11.6 Å². The number of nitrogens with zero attached hydrogens (tertiary/aromatic N) is 3. The van der Waals surface area contributed by atoms with Gasteiger partial charge in [-0.15, -0.1) is 11.6 Å². The van der Waals surface area contributed by atoms with Gasteiger partial charge in [-0.3, -0.25) is 9.59 Å². The van der Waals surface area contributed by atoms with Gasteiger partial charge in [0, 0.05) is 31.4 Å². The molecule has 0 saturated carbocycles. The van der Waals surface area contributed by atoms with Crippen LogP contribution in [0.3, 0.4) is 0 Å². The van der Waals surface area contributed by atoms with Gasteiger partial charge in [0.1, 0.15) is 41.0 Å². The molecule has 0 radical (unpaired) electrons. The van der Waals surface area contributed by atoms with Crippen LogP contribution in [0.25, 0.3) is 11.0 Å². The van der Waals surface area contributed by atoms with E-state index in [2.05, 4.69) is 20.3 Å². The molecule has 4 aromatic rings. The highest BCUT2D eigenvalue weighted by molar-refractivity contribution is 6.27. The molecule has 0 bridgehead atoms. The lowest BCUT2D eigenvalue weighted by atomic mass is 10.0. The number of rotatable bonds is 8. The molecule has 0 spiro atoms. The van der Waals surface area contributed by atoms with Gasteiger partial charge in [-0.1, -0.05) is 31.0 Å². The molecule has 1 unspecified atom stereocenters. The highest BCUT2D eigenvalue weighted by Gasteiger charge is 2.26. The molecule has 1 atom stereocenters. The number of alkyl halides is 1. The second-order valence-corrected chi connectivity index (χ2v) is 9.41. The van der Waals surface area contributed by atoms with Gasteiger partial charge in [0.05, 0.1) is 16.5 Å². The van der Waals surface area contributed by atoms with Crippen LogP contribution in [-0.4, -0.2) is 56.6 Å². The van der Waals surface area contributed by atoms with Crippen molar-refractivity contribution in [2.45, 2.75) is 31.7 Å². The molecule has 196 valence electrons. The van der Waals surface area contributed by atoms with Gasteiger partial charge >= 0.3 is 0 Å². The number of aromatic amines is 1. The van der Waals surface area contributed by atoms with E-state index in [9.17, 15) is 9.59 Å². The van der Waals surface area contributed by atoms with Crippen LogP contribution in [0.1, 0.15) is 41.6 Å². The third-order valence-electron chi connectivity index (χ3n) is 6.70. The van der Waals surface area contributed by atoms with Gasteiger partial charge in [-0.05, 0) is 37.1 Å². The summed E-state index contributed by atoms with van der Waals surface area (Å²) in [6.45, 7) is 1.10. The van der Waals surface area contributed by atoms with E-state index in [1.807, 2.05) is 23.1 Å². The van der Waals surface area contributed by atoms with E-state index in [1.165, 1.54) is 24.7 Å². The normalized spacial score (nSPS) is 15.7. The number of ether oxygens (including phenoxy) is 1. The molecule has 38 heavy (non-hydrogen) atoms. The second-order valence-electron chi connectivity index (χ2n) is 9.14. The van der Waals surface area contributed by atoms with Crippen molar-refractivity contribution in [2.24, 2.45) is 0 Å². The predicted molar refractivity (Wildman–Crippen MR) is 143 cm³/mol.